The zero-order valence-electron chi connectivity index (χ0n) is 5.87. The largest absolute Gasteiger partial charge is 0.506 e. The zero-order valence-corrected chi connectivity index (χ0v) is 7.03. The van der Waals surface area contributed by atoms with Crippen LogP contribution < -0.4 is 10.2 Å². The van der Waals surface area contributed by atoms with Crippen molar-refractivity contribution in [3.63, 3.8) is 0 Å². The number of nitrogens with two attached hydrogens (primary N) is 1. The van der Waals surface area contributed by atoms with Crippen molar-refractivity contribution < 1.29 is 3.79 Å². The number of hydrogen-bond donors (Lipinski definition) is 1. The lowest BCUT2D eigenvalue weighted by molar-refractivity contribution is 0.450. The monoisotopic (exact) mass is 150 g/mol. The number of anilines is 1. The SMILES string of the molecule is C[O][Al][c]1ccc(N)cc1. The fraction of sp³-hybridized carbons (Fsp3) is 0.143. The molecular weight excluding hydrogens is 141 g/mol. The van der Waals surface area contributed by atoms with E-state index in [4.69, 9.17) is 9.52 Å². The van der Waals surface area contributed by atoms with Crippen LogP contribution in [0.5, 0.6) is 0 Å². The summed E-state index contributed by atoms with van der Waals surface area (Å²) in [5.74, 6) is 0. The minimum atomic E-state index is -0.0223. The van der Waals surface area contributed by atoms with Crippen LogP contribution in [-0.4, -0.2) is 22.7 Å². The molecule has 0 aliphatic carbocycles. The van der Waals surface area contributed by atoms with Crippen LogP contribution in [0.3, 0.4) is 0 Å². The predicted octanol–water partition coefficient (Wildman–Crippen LogP) is 0.160. The van der Waals surface area contributed by atoms with Gasteiger partial charge in [0.15, 0.2) is 0 Å². The van der Waals surface area contributed by atoms with Crippen molar-refractivity contribution >= 4 is 25.7 Å². The molecule has 0 bridgehead atoms. The lowest BCUT2D eigenvalue weighted by atomic mass is 10.3. The van der Waals surface area contributed by atoms with Crippen molar-refractivity contribution in [3.8, 4) is 0 Å². The molecule has 0 saturated heterocycles. The van der Waals surface area contributed by atoms with Crippen LogP contribution >= 0.6 is 0 Å². The van der Waals surface area contributed by atoms with Crippen LogP contribution in [0, 0.1) is 0 Å². The molecule has 0 aliphatic rings. The van der Waals surface area contributed by atoms with Crippen LogP contribution in [0.4, 0.5) is 5.69 Å². The third kappa shape index (κ3) is 2.04. The first-order valence-electron chi connectivity index (χ1n) is 3.04. The molecule has 51 valence electrons. The average Bonchev–Trinajstić information content (AvgIpc) is 1.95. The van der Waals surface area contributed by atoms with Crippen molar-refractivity contribution in [1.82, 2.24) is 0 Å². The van der Waals surface area contributed by atoms with E-state index < -0.39 is 0 Å². The molecule has 2 nitrogen and oxygen atoms in total. The smallest absolute Gasteiger partial charge is 0.469 e. The summed E-state index contributed by atoms with van der Waals surface area (Å²) >= 11 is -0.0223. The Morgan fingerprint density at radius 1 is 1.30 bits per heavy atom. The van der Waals surface area contributed by atoms with E-state index in [1.54, 1.807) is 7.11 Å². The summed E-state index contributed by atoms with van der Waals surface area (Å²) < 4.78 is 6.24. The maximum Gasteiger partial charge on any atom is 0.469 e. The van der Waals surface area contributed by atoms with E-state index in [1.165, 1.54) is 4.43 Å². The molecule has 1 rings (SSSR count). The van der Waals surface area contributed by atoms with Gasteiger partial charge in [-0.3, -0.25) is 0 Å². The van der Waals surface area contributed by atoms with Gasteiger partial charge in [0, 0.05) is 12.8 Å². The highest BCUT2D eigenvalue weighted by molar-refractivity contribution is 6.46. The molecule has 1 radical (unpaired) electrons. The normalized spacial score (nSPS) is 9.30. The second-order valence-electron chi connectivity index (χ2n) is 2.02. The molecule has 1 aromatic carbocycles. The number of nitrogen functional groups attached to an aromatic ring is 1. The topological polar surface area (TPSA) is 35.2 Å². The van der Waals surface area contributed by atoms with Gasteiger partial charge in [-0.25, -0.2) is 0 Å². The third-order valence-electron chi connectivity index (χ3n) is 1.19. The van der Waals surface area contributed by atoms with Gasteiger partial charge >= 0.3 is 15.6 Å². The summed E-state index contributed by atoms with van der Waals surface area (Å²) in [7, 11) is 1.71. The van der Waals surface area contributed by atoms with Crippen molar-refractivity contribution in [1.29, 1.82) is 0 Å². The number of hydrogen-bond acceptors (Lipinski definition) is 2. The summed E-state index contributed by atoms with van der Waals surface area (Å²) in [4.78, 5) is 0. The maximum atomic E-state index is 5.49. The highest BCUT2D eigenvalue weighted by atomic mass is 27.1. The second-order valence-corrected chi connectivity index (χ2v) is 3.39. The Hall–Kier alpha value is -0.488. The molecule has 0 aliphatic heterocycles. The van der Waals surface area contributed by atoms with E-state index in [9.17, 15) is 0 Å². The number of rotatable bonds is 2. The van der Waals surface area contributed by atoms with E-state index in [2.05, 4.69) is 0 Å². The van der Waals surface area contributed by atoms with Gasteiger partial charge in [0.05, 0.1) is 0 Å². The Bertz CT molecular complexity index is 197. The van der Waals surface area contributed by atoms with Crippen LogP contribution in [0.25, 0.3) is 0 Å². The van der Waals surface area contributed by atoms with Gasteiger partial charge in [-0.05, 0) is 12.1 Å². The van der Waals surface area contributed by atoms with Gasteiger partial charge in [-0.1, -0.05) is 16.6 Å². The molecule has 1 aromatic rings. The van der Waals surface area contributed by atoms with Gasteiger partial charge in [0.2, 0.25) is 0 Å². The van der Waals surface area contributed by atoms with Crippen molar-refractivity contribution in [2.45, 2.75) is 0 Å². The zero-order chi connectivity index (χ0) is 7.40. The molecule has 0 saturated carbocycles. The van der Waals surface area contributed by atoms with E-state index in [1.807, 2.05) is 24.3 Å². The van der Waals surface area contributed by atoms with Gasteiger partial charge < -0.3 is 9.52 Å². The van der Waals surface area contributed by atoms with Crippen LogP contribution in [-0.2, 0) is 3.79 Å². The van der Waals surface area contributed by atoms with E-state index in [-0.39, 0.29) is 15.6 Å². The fourth-order valence-corrected chi connectivity index (χ4v) is 1.33. The summed E-state index contributed by atoms with van der Waals surface area (Å²) in [5, 5.41) is 0. The van der Waals surface area contributed by atoms with E-state index >= 15 is 0 Å². The Kier molecular flexibility index (Phi) is 2.76. The average molecular weight is 150 g/mol. The summed E-state index contributed by atoms with van der Waals surface area (Å²) in [6.45, 7) is 0. The van der Waals surface area contributed by atoms with Crippen LogP contribution in [0.15, 0.2) is 24.3 Å². The summed E-state index contributed by atoms with van der Waals surface area (Å²) in [5.41, 5.74) is 6.30. The first-order chi connectivity index (χ1) is 4.83. The van der Waals surface area contributed by atoms with Crippen molar-refractivity contribution in [2.75, 3.05) is 12.8 Å². The van der Waals surface area contributed by atoms with Gasteiger partial charge in [0.1, 0.15) is 0 Å². The Balaban J connectivity index is 2.69. The molecule has 0 amide bonds. The standard InChI is InChI=1S/C6H6N.CH3O.Al/c7-6-4-2-1-3-5-6;1-2;/h2-5H,7H2;1H3;/q;-1;+1. The summed E-state index contributed by atoms with van der Waals surface area (Å²) in [6.07, 6.45) is 0. The van der Waals surface area contributed by atoms with Gasteiger partial charge in [-0.2, -0.15) is 0 Å². The molecule has 0 unspecified atom stereocenters. The molecule has 0 atom stereocenters. The predicted molar refractivity (Wildman–Crippen MR) is 43.3 cm³/mol. The van der Waals surface area contributed by atoms with Gasteiger partial charge in [-0.15, -0.1) is 0 Å². The maximum absolute atomic E-state index is 5.49. The molecule has 2 N–H and O–H groups in total. The minimum absolute atomic E-state index is 0.0223. The highest BCUT2D eigenvalue weighted by Crippen LogP contribution is 1.95. The lowest BCUT2D eigenvalue weighted by Crippen LogP contribution is -2.15. The lowest BCUT2D eigenvalue weighted by Gasteiger charge is -1.96. The Morgan fingerprint density at radius 2 is 1.90 bits per heavy atom. The fourth-order valence-electron chi connectivity index (χ4n) is 0.711. The van der Waals surface area contributed by atoms with E-state index in [0.29, 0.717) is 0 Å². The molecule has 0 heterocycles. The molecule has 0 aromatic heterocycles. The first kappa shape index (κ1) is 7.62. The quantitative estimate of drug-likeness (QED) is 0.481. The second kappa shape index (κ2) is 3.62. The highest BCUT2D eigenvalue weighted by Gasteiger charge is 1.94. The Labute approximate surface area is 67.0 Å². The molecule has 0 spiro atoms. The Morgan fingerprint density at radius 3 is 2.40 bits per heavy atom. The molecule has 10 heavy (non-hydrogen) atoms. The van der Waals surface area contributed by atoms with Gasteiger partial charge in [0.25, 0.3) is 0 Å². The number of benzene rings is 1. The molecule has 3 heteroatoms. The third-order valence-corrected chi connectivity index (χ3v) is 2.08. The molecule has 0 fully saturated rings. The minimum Gasteiger partial charge on any atom is -0.506 e. The van der Waals surface area contributed by atoms with Crippen molar-refractivity contribution in [2.24, 2.45) is 0 Å². The summed E-state index contributed by atoms with van der Waals surface area (Å²) in [6, 6.07) is 7.77. The van der Waals surface area contributed by atoms with E-state index in [0.717, 1.165) is 5.69 Å². The van der Waals surface area contributed by atoms with Crippen LogP contribution in [0.1, 0.15) is 0 Å². The van der Waals surface area contributed by atoms with Crippen LogP contribution in [0.2, 0.25) is 0 Å². The first-order valence-corrected chi connectivity index (χ1v) is 4.09. The molecular formula is C7H9AlNO. The van der Waals surface area contributed by atoms with Crippen molar-refractivity contribution in [3.05, 3.63) is 24.3 Å².